The Balaban J connectivity index is 2.02. The first-order valence-corrected chi connectivity index (χ1v) is 7.83. The molecule has 108 valence electrons. The van der Waals surface area contributed by atoms with Gasteiger partial charge in [0, 0.05) is 23.1 Å². The molecule has 0 aliphatic carbocycles. The lowest BCUT2D eigenvalue weighted by Gasteiger charge is -2.30. The number of anilines is 1. The number of rotatable bonds is 2. The Morgan fingerprint density at radius 3 is 2.65 bits per heavy atom. The molecule has 0 saturated carbocycles. The predicted octanol–water partition coefficient (Wildman–Crippen LogP) is 3.35. The number of hydrogen-bond acceptors (Lipinski definition) is 2. The van der Waals surface area contributed by atoms with Crippen LogP contribution in [0.2, 0.25) is 0 Å². The minimum atomic E-state index is -0.0549. The Hall–Kier alpha value is -1.14. The SMILES string of the molecule is CC1CCN(C(=O)Nc2ccc(C(N)=S)cc2Br)CC1. The van der Waals surface area contributed by atoms with Crippen LogP contribution in [0.3, 0.4) is 0 Å². The molecule has 0 radical (unpaired) electrons. The average molecular weight is 356 g/mol. The molecule has 1 aliphatic rings. The molecule has 1 fully saturated rings. The Kier molecular flexibility index (Phi) is 4.99. The molecule has 20 heavy (non-hydrogen) atoms. The van der Waals surface area contributed by atoms with Gasteiger partial charge in [-0.2, -0.15) is 0 Å². The second-order valence-electron chi connectivity index (χ2n) is 5.16. The molecule has 0 aromatic heterocycles. The third-order valence-electron chi connectivity index (χ3n) is 3.57. The van der Waals surface area contributed by atoms with Crippen LogP contribution in [0.4, 0.5) is 10.5 Å². The van der Waals surface area contributed by atoms with Gasteiger partial charge in [0.1, 0.15) is 4.99 Å². The van der Waals surface area contributed by atoms with Crippen molar-refractivity contribution in [2.24, 2.45) is 11.7 Å². The van der Waals surface area contributed by atoms with E-state index in [1.165, 1.54) is 0 Å². The standard InChI is InChI=1S/C14H18BrN3OS/c1-9-4-6-18(7-5-9)14(19)17-12-3-2-10(13(16)20)8-11(12)15/h2-3,8-9H,4-7H2,1H3,(H2,16,20)(H,17,19). The largest absolute Gasteiger partial charge is 0.389 e. The van der Waals surface area contributed by atoms with Gasteiger partial charge in [0.15, 0.2) is 0 Å². The molecular formula is C14H18BrN3OS. The van der Waals surface area contributed by atoms with E-state index in [2.05, 4.69) is 28.2 Å². The van der Waals surface area contributed by atoms with Gasteiger partial charge in [-0.25, -0.2) is 4.79 Å². The maximum Gasteiger partial charge on any atom is 0.321 e. The van der Waals surface area contributed by atoms with Crippen LogP contribution >= 0.6 is 28.1 Å². The number of piperidine rings is 1. The number of carbonyl (C=O) groups excluding carboxylic acids is 1. The molecule has 1 aromatic carbocycles. The van der Waals surface area contributed by atoms with Gasteiger partial charge in [-0.15, -0.1) is 0 Å². The van der Waals surface area contributed by atoms with Crippen molar-refractivity contribution in [1.29, 1.82) is 0 Å². The number of carbonyl (C=O) groups is 1. The molecule has 1 aromatic rings. The van der Waals surface area contributed by atoms with E-state index in [-0.39, 0.29) is 6.03 Å². The first-order chi connectivity index (χ1) is 9.47. The second kappa shape index (κ2) is 6.54. The summed E-state index contributed by atoms with van der Waals surface area (Å²) in [4.78, 5) is 14.4. The number of likely N-dealkylation sites (tertiary alicyclic amines) is 1. The van der Waals surface area contributed by atoms with Gasteiger partial charge < -0.3 is 16.0 Å². The van der Waals surface area contributed by atoms with Crippen molar-refractivity contribution in [2.45, 2.75) is 19.8 Å². The third kappa shape index (κ3) is 3.70. The fraction of sp³-hybridized carbons (Fsp3) is 0.429. The summed E-state index contributed by atoms with van der Waals surface area (Å²) in [6.07, 6.45) is 2.13. The van der Waals surface area contributed by atoms with E-state index in [9.17, 15) is 4.79 Å². The summed E-state index contributed by atoms with van der Waals surface area (Å²) in [5.74, 6) is 0.704. The topological polar surface area (TPSA) is 58.4 Å². The number of amides is 2. The van der Waals surface area contributed by atoms with E-state index in [0.29, 0.717) is 10.9 Å². The van der Waals surface area contributed by atoms with Crippen LogP contribution in [0.25, 0.3) is 0 Å². The maximum atomic E-state index is 12.2. The minimum absolute atomic E-state index is 0.0549. The van der Waals surface area contributed by atoms with E-state index in [4.69, 9.17) is 18.0 Å². The normalized spacial score (nSPS) is 16.0. The molecule has 0 spiro atoms. The molecule has 0 unspecified atom stereocenters. The fourth-order valence-electron chi connectivity index (χ4n) is 2.18. The molecule has 3 N–H and O–H groups in total. The first kappa shape index (κ1) is 15.3. The summed E-state index contributed by atoms with van der Waals surface area (Å²) in [5.41, 5.74) is 7.08. The molecule has 1 aliphatic heterocycles. The number of nitrogens with zero attached hydrogens (tertiary/aromatic N) is 1. The predicted molar refractivity (Wildman–Crippen MR) is 89.0 cm³/mol. The van der Waals surface area contributed by atoms with Crippen molar-refractivity contribution in [3.63, 3.8) is 0 Å². The fourth-order valence-corrected chi connectivity index (χ4v) is 2.78. The monoisotopic (exact) mass is 355 g/mol. The van der Waals surface area contributed by atoms with E-state index in [1.807, 2.05) is 17.0 Å². The zero-order chi connectivity index (χ0) is 14.7. The van der Waals surface area contributed by atoms with Gasteiger partial charge in [0.2, 0.25) is 0 Å². The van der Waals surface area contributed by atoms with E-state index >= 15 is 0 Å². The van der Waals surface area contributed by atoms with Crippen LogP contribution in [0.15, 0.2) is 22.7 Å². The van der Waals surface area contributed by atoms with Crippen LogP contribution in [0.1, 0.15) is 25.3 Å². The number of hydrogen-bond donors (Lipinski definition) is 2. The number of halogens is 1. The summed E-state index contributed by atoms with van der Waals surface area (Å²) in [6.45, 7) is 3.85. The number of benzene rings is 1. The number of urea groups is 1. The molecule has 2 amide bonds. The summed E-state index contributed by atoms with van der Waals surface area (Å²) >= 11 is 8.36. The van der Waals surface area contributed by atoms with Crippen molar-refractivity contribution in [3.05, 3.63) is 28.2 Å². The zero-order valence-corrected chi connectivity index (χ0v) is 13.8. The number of nitrogens with one attached hydrogen (secondary N) is 1. The van der Waals surface area contributed by atoms with Crippen molar-refractivity contribution < 1.29 is 4.79 Å². The highest BCUT2D eigenvalue weighted by atomic mass is 79.9. The van der Waals surface area contributed by atoms with Crippen LogP contribution in [0, 0.1) is 5.92 Å². The Labute approximate surface area is 132 Å². The zero-order valence-electron chi connectivity index (χ0n) is 11.4. The average Bonchev–Trinajstić information content (AvgIpc) is 2.41. The van der Waals surface area contributed by atoms with Crippen LogP contribution < -0.4 is 11.1 Å². The van der Waals surface area contributed by atoms with Crippen LogP contribution in [-0.2, 0) is 0 Å². The third-order valence-corrected chi connectivity index (χ3v) is 4.46. The quantitative estimate of drug-likeness (QED) is 0.799. The van der Waals surface area contributed by atoms with E-state index in [0.717, 1.165) is 41.7 Å². The van der Waals surface area contributed by atoms with Crippen LogP contribution in [0.5, 0.6) is 0 Å². The minimum Gasteiger partial charge on any atom is -0.389 e. The van der Waals surface area contributed by atoms with E-state index in [1.54, 1.807) is 6.07 Å². The molecule has 2 rings (SSSR count). The van der Waals surface area contributed by atoms with E-state index < -0.39 is 0 Å². The molecule has 4 nitrogen and oxygen atoms in total. The van der Waals surface area contributed by atoms with Crippen molar-refractivity contribution in [1.82, 2.24) is 4.90 Å². The van der Waals surface area contributed by atoms with Gasteiger partial charge >= 0.3 is 6.03 Å². The lowest BCUT2D eigenvalue weighted by Crippen LogP contribution is -2.40. The molecule has 1 saturated heterocycles. The van der Waals surface area contributed by atoms with Gasteiger partial charge in [-0.05, 0) is 52.9 Å². The van der Waals surface area contributed by atoms with Crippen molar-refractivity contribution >= 4 is 44.9 Å². The lowest BCUT2D eigenvalue weighted by atomic mass is 10.00. The summed E-state index contributed by atoms with van der Waals surface area (Å²) in [6, 6.07) is 5.38. The van der Waals surface area contributed by atoms with Gasteiger partial charge in [-0.1, -0.05) is 19.1 Å². The first-order valence-electron chi connectivity index (χ1n) is 6.62. The molecule has 0 bridgehead atoms. The molecular weight excluding hydrogens is 338 g/mol. The highest BCUT2D eigenvalue weighted by molar-refractivity contribution is 9.10. The van der Waals surface area contributed by atoms with Crippen molar-refractivity contribution in [3.8, 4) is 0 Å². The lowest BCUT2D eigenvalue weighted by molar-refractivity contribution is 0.186. The Bertz CT molecular complexity index is 527. The number of thiocarbonyl (C=S) groups is 1. The van der Waals surface area contributed by atoms with Gasteiger partial charge in [0.25, 0.3) is 0 Å². The van der Waals surface area contributed by atoms with Gasteiger partial charge in [0.05, 0.1) is 5.69 Å². The molecule has 0 atom stereocenters. The van der Waals surface area contributed by atoms with Crippen molar-refractivity contribution in [2.75, 3.05) is 18.4 Å². The Morgan fingerprint density at radius 1 is 1.45 bits per heavy atom. The summed E-state index contributed by atoms with van der Waals surface area (Å²) < 4.78 is 0.779. The number of nitrogens with two attached hydrogens (primary N) is 1. The summed E-state index contributed by atoms with van der Waals surface area (Å²) in [7, 11) is 0. The smallest absolute Gasteiger partial charge is 0.321 e. The van der Waals surface area contributed by atoms with Crippen LogP contribution in [-0.4, -0.2) is 29.0 Å². The second-order valence-corrected chi connectivity index (χ2v) is 6.45. The molecule has 1 heterocycles. The highest BCUT2D eigenvalue weighted by Gasteiger charge is 2.20. The molecule has 6 heteroatoms. The maximum absolute atomic E-state index is 12.2. The highest BCUT2D eigenvalue weighted by Crippen LogP contribution is 2.25. The Morgan fingerprint density at radius 2 is 2.10 bits per heavy atom. The van der Waals surface area contributed by atoms with Gasteiger partial charge in [-0.3, -0.25) is 0 Å². The summed E-state index contributed by atoms with van der Waals surface area (Å²) in [5, 5.41) is 2.92.